The second-order valence-corrected chi connectivity index (χ2v) is 11.8. The lowest BCUT2D eigenvalue weighted by molar-refractivity contribution is -0.121. The van der Waals surface area contributed by atoms with Gasteiger partial charge < -0.3 is 18.9 Å². The molecule has 7 nitrogen and oxygen atoms in total. The van der Waals surface area contributed by atoms with Crippen molar-refractivity contribution in [1.82, 2.24) is 5.32 Å². The third-order valence-electron chi connectivity index (χ3n) is 6.39. The molecule has 1 atom stereocenters. The molecule has 1 unspecified atom stereocenters. The Balaban J connectivity index is 1.56. The topological polar surface area (TPSA) is 98.8 Å². The summed E-state index contributed by atoms with van der Waals surface area (Å²) in [5, 5.41) is 6.48. The second-order valence-electron chi connectivity index (χ2n) is 10.9. The summed E-state index contributed by atoms with van der Waals surface area (Å²) < 4.78 is 16.8. The van der Waals surface area contributed by atoms with Crippen molar-refractivity contribution in [1.29, 1.82) is 0 Å². The number of thiophene rings is 1. The maximum Gasteiger partial charge on any atom is 0.348 e. The zero-order chi connectivity index (χ0) is 26.9. The highest BCUT2D eigenvalue weighted by Gasteiger charge is 2.23. The fourth-order valence-corrected chi connectivity index (χ4v) is 5.13. The van der Waals surface area contributed by atoms with Gasteiger partial charge in [-0.3, -0.25) is 4.79 Å². The molecule has 1 N–H and O–H groups in total. The van der Waals surface area contributed by atoms with Crippen molar-refractivity contribution in [3.8, 4) is 0 Å². The van der Waals surface area contributed by atoms with E-state index in [1.165, 1.54) is 11.3 Å². The number of carbonyl (C=O) groups is 2. The third kappa shape index (κ3) is 5.96. The molecule has 0 aliphatic carbocycles. The van der Waals surface area contributed by atoms with E-state index in [1.54, 1.807) is 24.5 Å². The van der Waals surface area contributed by atoms with E-state index in [1.807, 2.05) is 32.2 Å². The van der Waals surface area contributed by atoms with Gasteiger partial charge in [-0.1, -0.05) is 40.7 Å². The average molecular weight is 524 g/mol. The van der Waals surface area contributed by atoms with Gasteiger partial charge in [0.1, 0.15) is 22.7 Å². The van der Waals surface area contributed by atoms with Crippen molar-refractivity contribution in [2.75, 3.05) is 6.61 Å². The molecule has 0 spiro atoms. The summed E-state index contributed by atoms with van der Waals surface area (Å²) in [7, 11) is 0. The van der Waals surface area contributed by atoms with Gasteiger partial charge in [0, 0.05) is 22.4 Å². The molecule has 0 bridgehead atoms. The zero-order valence-corrected chi connectivity index (χ0v) is 22.9. The number of furan rings is 1. The van der Waals surface area contributed by atoms with Gasteiger partial charge in [0.25, 0.3) is 0 Å². The van der Waals surface area contributed by atoms with Crippen molar-refractivity contribution in [2.45, 2.75) is 65.8 Å². The van der Waals surface area contributed by atoms with Crippen LogP contribution in [-0.4, -0.2) is 24.5 Å². The molecule has 196 valence electrons. The first kappa shape index (κ1) is 26.7. The molecule has 0 radical (unpaired) electrons. The number of esters is 1. The lowest BCUT2D eigenvalue weighted by Gasteiger charge is -2.20. The van der Waals surface area contributed by atoms with Gasteiger partial charge in [0.05, 0.1) is 24.3 Å². The number of carbonyl (C=O) groups excluding carboxylic acids is 2. The van der Waals surface area contributed by atoms with Crippen LogP contribution in [0, 0.1) is 12.8 Å². The number of fused-ring (bicyclic) bond motifs is 2. The van der Waals surface area contributed by atoms with E-state index >= 15 is 0 Å². The van der Waals surface area contributed by atoms with E-state index in [0.29, 0.717) is 33.6 Å². The maximum absolute atomic E-state index is 13.0. The minimum absolute atomic E-state index is 0.0556. The van der Waals surface area contributed by atoms with Crippen LogP contribution < -0.4 is 10.9 Å². The fraction of sp³-hybridized carbons (Fsp3) is 0.414. The van der Waals surface area contributed by atoms with E-state index < -0.39 is 11.6 Å². The molecule has 37 heavy (non-hydrogen) atoms. The number of ether oxygens (including phenoxy) is 1. The van der Waals surface area contributed by atoms with Crippen molar-refractivity contribution >= 4 is 45.2 Å². The van der Waals surface area contributed by atoms with Gasteiger partial charge in [-0.15, -0.1) is 11.3 Å². The molecule has 1 aromatic carbocycles. The normalized spacial score (nSPS) is 12.8. The Morgan fingerprint density at radius 2 is 1.89 bits per heavy atom. The molecule has 4 rings (SSSR count). The fourth-order valence-electron chi connectivity index (χ4n) is 4.51. The van der Waals surface area contributed by atoms with E-state index in [2.05, 4.69) is 26.1 Å². The van der Waals surface area contributed by atoms with Gasteiger partial charge in [0.15, 0.2) is 0 Å². The van der Waals surface area contributed by atoms with Crippen LogP contribution in [0.1, 0.15) is 67.4 Å². The van der Waals surface area contributed by atoms with Crippen molar-refractivity contribution in [3.05, 3.63) is 67.9 Å². The summed E-state index contributed by atoms with van der Waals surface area (Å²) in [5.74, 6) is -0.468. The number of benzene rings is 1. The SMILES string of the molecule is Cc1c(CC(=O)NC(COC(=O)c2cccs2)CC(C)C)c(=O)oc2cc3occ(C(C)(C)C)c3cc12. The van der Waals surface area contributed by atoms with Gasteiger partial charge in [-0.05, 0) is 47.8 Å². The predicted octanol–water partition coefficient (Wildman–Crippen LogP) is 6.14. The molecule has 3 aromatic heterocycles. The van der Waals surface area contributed by atoms with E-state index in [4.69, 9.17) is 13.6 Å². The summed E-state index contributed by atoms with van der Waals surface area (Å²) in [4.78, 5) is 38.7. The highest BCUT2D eigenvalue weighted by Crippen LogP contribution is 2.35. The van der Waals surface area contributed by atoms with Crippen LogP contribution in [0.4, 0.5) is 0 Å². The standard InChI is InChI=1S/C29H33NO6S/c1-16(2)10-18(14-35-28(33)25-8-7-9-37-25)30-26(31)12-20-17(3)19-11-21-22(29(4,5)6)15-34-23(21)13-24(19)36-27(20)32/h7-9,11,13,15-16,18H,10,12,14H2,1-6H3,(H,30,31). The van der Waals surface area contributed by atoms with E-state index in [0.717, 1.165) is 16.3 Å². The highest BCUT2D eigenvalue weighted by molar-refractivity contribution is 7.11. The molecule has 0 fully saturated rings. The van der Waals surface area contributed by atoms with Gasteiger partial charge in [0.2, 0.25) is 5.91 Å². The van der Waals surface area contributed by atoms with Gasteiger partial charge in [-0.2, -0.15) is 0 Å². The molecular weight excluding hydrogens is 490 g/mol. The number of aryl methyl sites for hydroxylation is 1. The average Bonchev–Trinajstić information content (AvgIpc) is 3.48. The van der Waals surface area contributed by atoms with Crippen LogP contribution in [0.2, 0.25) is 0 Å². The molecular formula is C29H33NO6S. The number of nitrogens with one attached hydrogen (secondary N) is 1. The van der Waals surface area contributed by atoms with Crippen molar-refractivity contribution < 1.29 is 23.2 Å². The number of rotatable bonds is 8. The minimum atomic E-state index is -0.549. The second kappa shape index (κ2) is 10.5. The van der Waals surface area contributed by atoms with Crippen LogP contribution in [0.15, 0.2) is 49.5 Å². The number of hydrogen-bond donors (Lipinski definition) is 1. The predicted molar refractivity (Wildman–Crippen MR) is 145 cm³/mol. The Morgan fingerprint density at radius 3 is 2.54 bits per heavy atom. The Hall–Kier alpha value is -3.39. The lowest BCUT2D eigenvalue weighted by Crippen LogP contribution is -2.41. The lowest BCUT2D eigenvalue weighted by atomic mass is 9.86. The van der Waals surface area contributed by atoms with Crippen LogP contribution in [-0.2, 0) is 21.4 Å². The first-order chi connectivity index (χ1) is 17.4. The van der Waals surface area contributed by atoms with Gasteiger partial charge >= 0.3 is 11.6 Å². The third-order valence-corrected chi connectivity index (χ3v) is 7.24. The molecule has 0 aliphatic heterocycles. The number of hydrogen-bond acceptors (Lipinski definition) is 7. The van der Waals surface area contributed by atoms with Crippen LogP contribution >= 0.6 is 11.3 Å². The van der Waals surface area contributed by atoms with Gasteiger partial charge in [-0.25, -0.2) is 9.59 Å². The molecule has 4 aromatic rings. The summed E-state index contributed by atoms with van der Waals surface area (Å²) in [6, 6.07) is 6.82. The molecule has 0 saturated heterocycles. The Labute approximate surface area is 219 Å². The molecule has 3 heterocycles. The first-order valence-electron chi connectivity index (χ1n) is 12.4. The Kier molecular flexibility index (Phi) is 7.59. The van der Waals surface area contributed by atoms with E-state index in [9.17, 15) is 14.4 Å². The van der Waals surface area contributed by atoms with Crippen LogP contribution in [0.5, 0.6) is 0 Å². The minimum Gasteiger partial charge on any atom is -0.464 e. The quantitative estimate of drug-likeness (QED) is 0.220. The maximum atomic E-state index is 13.0. The van der Waals surface area contributed by atoms with Crippen molar-refractivity contribution in [2.24, 2.45) is 5.92 Å². The Morgan fingerprint density at radius 1 is 1.14 bits per heavy atom. The van der Waals surface area contributed by atoms with Crippen LogP contribution in [0.25, 0.3) is 21.9 Å². The molecule has 8 heteroatoms. The molecule has 0 saturated carbocycles. The summed E-state index contributed by atoms with van der Waals surface area (Å²) in [6.07, 6.45) is 2.24. The first-order valence-corrected chi connectivity index (χ1v) is 13.3. The summed E-state index contributed by atoms with van der Waals surface area (Å²) in [5.41, 5.74) is 2.47. The Bertz CT molecular complexity index is 1490. The van der Waals surface area contributed by atoms with Crippen LogP contribution in [0.3, 0.4) is 0 Å². The highest BCUT2D eigenvalue weighted by atomic mass is 32.1. The molecule has 1 amide bonds. The van der Waals surface area contributed by atoms with Crippen molar-refractivity contribution in [3.63, 3.8) is 0 Å². The monoisotopic (exact) mass is 523 g/mol. The largest absolute Gasteiger partial charge is 0.464 e. The van der Waals surface area contributed by atoms with E-state index in [-0.39, 0.29) is 36.3 Å². The number of amides is 1. The zero-order valence-electron chi connectivity index (χ0n) is 22.1. The summed E-state index contributed by atoms with van der Waals surface area (Å²) in [6.45, 7) is 12.3. The summed E-state index contributed by atoms with van der Waals surface area (Å²) >= 11 is 1.31. The molecule has 0 aliphatic rings. The smallest absolute Gasteiger partial charge is 0.348 e.